The van der Waals surface area contributed by atoms with E-state index in [9.17, 15) is 14.4 Å². The highest BCUT2D eigenvalue weighted by molar-refractivity contribution is 5.95. The van der Waals surface area contributed by atoms with Crippen molar-refractivity contribution < 1.29 is 14.4 Å². The van der Waals surface area contributed by atoms with Crippen LogP contribution in [-0.2, 0) is 17.9 Å². The van der Waals surface area contributed by atoms with Crippen molar-refractivity contribution in [1.29, 1.82) is 0 Å². The summed E-state index contributed by atoms with van der Waals surface area (Å²) in [6.45, 7) is 1.81. The fourth-order valence-corrected chi connectivity index (χ4v) is 4.33. The monoisotopic (exact) mass is 434 g/mol. The Labute approximate surface area is 188 Å². The molecule has 0 atom stereocenters. The molecule has 1 aliphatic carbocycles. The van der Waals surface area contributed by atoms with Crippen LogP contribution in [-0.4, -0.2) is 35.3 Å². The van der Waals surface area contributed by atoms with Crippen molar-refractivity contribution in [3.05, 3.63) is 65.2 Å². The lowest BCUT2D eigenvalue weighted by atomic mass is 10.1. The number of nitrogens with one attached hydrogen (secondary N) is 3. The van der Waals surface area contributed by atoms with Gasteiger partial charge in [0.15, 0.2) is 0 Å². The van der Waals surface area contributed by atoms with Crippen LogP contribution in [0.2, 0.25) is 0 Å². The van der Waals surface area contributed by atoms with E-state index >= 15 is 0 Å². The van der Waals surface area contributed by atoms with Gasteiger partial charge in [-0.15, -0.1) is 0 Å². The Kier molecular flexibility index (Phi) is 7.04. The minimum absolute atomic E-state index is 0.0663. The summed E-state index contributed by atoms with van der Waals surface area (Å²) in [5, 5.41) is 8.71. The molecule has 7 heteroatoms. The summed E-state index contributed by atoms with van der Waals surface area (Å²) in [4.78, 5) is 38.3. The first kappa shape index (κ1) is 21.9. The van der Waals surface area contributed by atoms with Crippen molar-refractivity contribution in [2.75, 3.05) is 11.9 Å². The molecule has 7 nitrogen and oxygen atoms in total. The van der Waals surface area contributed by atoms with Gasteiger partial charge in [0.1, 0.15) is 0 Å². The van der Waals surface area contributed by atoms with Crippen LogP contribution in [0.5, 0.6) is 0 Å². The van der Waals surface area contributed by atoms with Crippen molar-refractivity contribution in [3.8, 4) is 0 Å². The summed E-state index contributed by atoms with van der Waals surface area (Å²) in [6.07, 6.45) is 5.99. The van der Waals surface area contributed by atoms with Crippen LogP contribution in [0.15, 0.2) is 48.5 Å². The number of urea groups is 1. The fourth-order valence-electron chi connectivity index (χ4n) is 4.33. The Balaban J connectivity index is 1.24. The van der Waals surface area contributed by atoms with Crippen molar-refractivity contribution in [2.45, 2.75) is 57.7 Å². The maximum atomic E-state index is 12.3. The van der Waals surface area contributed by atoms with Gasteiger partial charge in [0.05, 0.1) is 0 Å². The highest BCUT2D eigenvalue weighted by Gasteiger charge is 2.20. The lowest BCUT2D eigenvalue weighted by Crippen LogP contribution is -2.32. The number of hydrogen-bond acceptors (Lipinski definition) is 3. The van der Waals surface area contributed by atoms with E-state index < -0.39 is 0 Å². The molecule has 0 spiro atoms. The van der Waals surface area contributed by atoms with Gasteiger partial charge in [0.2, 0.25) is 5.91 Å². The summed E-state index contributed by atoms with van der Waals surface area (Å²) >= 11 is 0. The third kappa shape index (κ3) is 5.87. The highest BCUT2D eigenvalue weighted by Crippen LogP contribution is 2.19. The topological polar surface area (TPSA) is 90.5 Å². The van der Waals surface area contributed by atoms with Gasteiger partial charge in [-0.05, 0) is 54.7 Å². The summed E-state index contributed by atoms with van der Waals surface area (Å²) < 4.78 is 0. The van der Waals surface area contributed by atoms with Gasteiger partial charge >= 0.3 is 6.03 Å². The standard InChI is InChI=1S/C25H30N4O3/c30-23-9-4-14-29(23)17-19-6-3-5-18(15-19)16-26-25(32)28-22-12-10-20(11-13-22)24(31)27-21-7-1-2-8-21/h3,5-6,10-13,15,21H,1-2,4,7-9,14,16-17H2,(H,27,31)(H2,26,28,32). The molecule has 2 aromatic rings. The molecule has 4 amide bonds. The van der Waals surface area contributed by atoms with E-state index in [1.54, 1.807) is 24.3 Å². The van der Waals surface area contributed by atoms with Crippen molar-refractivity contribution >= 4 is 23.5 Å². The minimum Gasteiger partial charge on any atom is -0.349 e. The lowest BCUT2D eigenvalue weighted by Gasteiger charge is -2.16. The number of amides is 4. The first-order valence-corrected chi connectivity index (χ1v) is 11.4. The molecule has 2 aliphatic rings. The second-order valence-electron chi connectivity index (χ2n) is 8.58. The molecule has 3 N–H and O–H groups in total. The molecule has 1 saturated carbocycles. The number of rotatable bonds is 7. The van der Waals surface area contributed by atoms with Gasteiger partial charge in [-0.3, -0.25) is 9.59 Å². The fraction of sp³-hybridized carbons (Fsp3) is 0.400. The quantitative estimate of drug-likeness (QED) is 0.619. The average molecular weight is 435 g/mol. The van der Waals surface area contributed by atoms with E-state index in [2.05, 4.69) is 16.0 Å². The first-order chi connectivity index (χ1) is 15.6. The van der Waals surface area contributed by atoms with Gasteiger partial charge in [-0.25, -0.2) is 4.79 Å². The predicted octanol–water partition coefficient (Wildman–Crippen LogP) is 3.80. The van der Waals surface area contributed by atoms with Gasteiger partial charge in [0, 0.05) is 43.3 Å². The lowest BCUT2D eigenvalue weighted by molar-refractivity contribution is -0.128. The van der Waals surface area contributed by atoms with Crippen LogP contribution in [0.25, 0.3) is 0 Å². The summed E-state index contributed by atoms with van der Waals surface area (Å²) in [6, 6.07) is 14.8. The van der Waals surface area contributed by atoms with Crippen molar-refractivity contribution in [1.82, 2.24) is 15.5 Å². The molecule has 2 fully saturated rings. The number of carbonyl (C=O) groups is 3. The number of nitrogens with zero attached hydrogens (tertiary/aromatic N) is 1. The third-order valence-electron chi connectivity index (χ3n) is 6.08. The van der Waals surface area contributed by atoms with Crippen LogP contribution in [0.3, 0.4) is 0 Å². The molecule has 0 radical (unpaired) electrons. The Morgan fingerprint density at radius 3 is 2.44 bits per heavy atom. The number of likely N-dealkylation sites (tertiary alicyclic amines) is 1. The maximum Gasteiger partial charge on any atom is 0.319 e. The van der Waals surface area contributed by atoms with Crippen LogP contribution in [0, 0.1) is 0 Å². The molecule has 2 aromatic carbocycles. The maximum absolute atomic E-state index is 12.3. The Hall–Kier alpha value is -3.35. The molecule has 0 unspecified atom stereocenters. The molecule has 0 aromatic heterocycles. The van der Waals surface area contributed by atoms with E-state index in [0.29, 0.717) is 30.8 Å². The molecular weight excluding hydrogens is 404 g/mol. The highest BCUT2D eigenvalue weighted by atomic mass is 16.2. The zero-order valence-electron chi connectivity index (χ0n) is 18.2. The molecule has 168 valence electrons. The molecule has 32 heavy (non-hydrogen) atoms. The average Bonchev–Trinajstić information content (AvgIpc) is 3.45. The van der Waals surface area contributed by atoms with Gasteiger partial charge in [0.25, 0.3) is 5.91 Å². The van der Waals surface area contributed by atoms with E-state index in [-0.39, 0.29) is 23.9 Å². The SMILES string of the molecule is O=C(NCc1cccc(CN2CCCC2=O)c1)Nc1ccc(C(=O)NC2CCCC2)cc1. The Morgan fingerprint density at radius 1 is 0.969 bits per heavy atom. The third-order valence-corrected chi connectivity index (χ3v) is 6.08. The zero-order chi connectivity index (χ0) is 22.3. The zero-order valence-corrected chi connectivity index (χ0v) is 18.2. The molecular formula is C25H30N4O3. The van der Waals surface area contributed by atoms with Crippen LogP contribution in [0.1, 0.15) is 60.0 Å². The minimum atomic E-state index is -0.312. The molecule has 1 aliphatic heterocycles. The molecule has 1 heterocycles. The van der Waals surface area contributed by atoms with E-state index in [1.807, 2.05) is 29.2 Å². The Bertz CT molecular complexity index is 967. The summed E-state index contributed by atoms with van der Waals surface area (Å²) in [5.41, 5.74) is 3.26. The Morgan fingerprint density at radius 2 is 1.72 bits per heavy atom. The number of anilines is 1. The number of carbonyl (C=O) groups excluding carboxylic acids is 3. The van der Waals surface area contributed by atoms with Gasteiger partial charge in [-0.1, -0.05) is 37.1 Å². The van der Waals surface area contributed by atoms with E-state index in [4.69, 9.17) is 0 Å². The van der Waals surface area contributed by atoms with Crippen LogP contribution in [0.4, 0.5) is 10.5 Å². The second-order valence-corrected chi connectivity index (χ2v) is 8.58. The smallest absolute Gasteiger partial charge is 0.319 e. The van der Waals surface area contributed by atoms with Crippen LogP contribution >= 0.6 is 0 Å². The van der Waals surface area contributed by atoms with Crippen molar-refractivity contribution in [3.63, 3.8) is 0 Å². The normalized spacial score (nSPS) is 16.2. The molecule has 4 rings (SSSR count). The first-order valence-electron chi connectivity index (χ1n) is 11.4. The summed E-state index contributed by atoms with van der Waals surface area (Å²) in [5.74, 6) is 0.137. The number of benzene rings is 2. The number of hydrogen-bond donors (Lipinski definition) is 3. The second kappa shape index (κ2) is 10.3. The van der Waals surface area contributed by atoms with Gasteiger partial charge < -0.3 is 20.9 Å². The van der Waals surface area contributed by atoms with Crippen molar-refractivity contribution in [2.24, 2.45) is 0 Å². The predicted molar refractivity (Wildman–Crippen MR) is 123 cm³/mol. The largest absolute Gasteiger partial charge is 0.349 e. The van der Waals surface area contributed by atoms with E-state index in [0.717, 1.165) is 36.9 Å². The summed E-state index contributed by atoms with van der Waals surface area (Å²) in [7, 11) is 0. The van der Waals surface area contributed by atoms with Crippen LogP contribution < -0.4 is 16.0 Å². The van der Waals surface area contributed by atoms with Gasteiger partial charge in [-0.2, -0.15) is 0 Å². The van der Waals surface area contributed by atoms with E-state index in [1.165, 1.54) is 12.8 Å². The molecule has 1 saturated heterocycles. The molecule has 0 bridgehead atoms.